The summed E-state index contributed by atoms with van der Waals surface area (Å²) in [6.45, 7) is 29.8. The van der Waals surface area contributed by atoms with Crippen LogP contribution >= 0.6 is 0 Å². The summed E-state index contributed by atoms with van der Waals surface area (Å²) in [5.74, 6) is 1.09. The van der Waals surface area contributed by atoms with Crippen LogP contribution in [0.3, 0.4) is 0 Å². The molecule has 0 amide bonds. The van der Waals surface area contributed by atoms with Crippen molar-refractivity contribution in [1.82, 2.24) is 4.98 Å². The summed E-state index contributed by atoms with van der Waals surface area (Å²) >= 11 is 0. The Balaban J connectivity index is 0.000000992. The Labute approximate surface area is 304 Å². The lowest BCUT2D eigenvalue weighted by Gasteiger charge is -2.16. The van der Waals surface area contributed by atoms with Crippen LogP contribution in [-0.4, -0.2) is 17.0 Å². The van der Waals surface area contributed by atoms with Crippen LogP contribution in [0.1, 0.15) is 147 Å². The van der Waals surface area contributed by atoms with Gasteiger partial charge in [-0.05, 0) is 86.1 Å². The highest BCUT2D eigenvalue weighted by Crippen LogP contribution is 2.31. The SMILES string of the molecule is C=C(CCC(C)C)CC(C)CC.CC.CCC(C)CC.CCc1cc(CNc2cc(C)cc(-c3ncc(F)cc3F)c2C=N)ccc1C(C)=O. The van der Waals surface area contributed by atoms with E-state index in [1.165, 1.54) is 44.1 Å². The van der Waals surface area contributed by atoms with E-state index in [0.29, 0.717) is 23.4 Å². The van der Waals surface area contributed by atoms with Gasteiger partial charge in [0.15, 0.2) is 11.6 Å². The number of Topliss-reactive ketones (excluding diaryl/α,β-unsaturated/α-hetero) is 1. The van der Waals surface area contributed by atoms with Gasteiger partial charge >= 0.3 is 0 Å². The maximum absolute atomic E-state index is 14.3. The summed E-state index contributed by atoms with van der Waals surface area (Å²) in [7, 11) is 0. The summed E-state index contributed by atoms with van der Waals surface area (Å²) in [5, 5.41) is 11.2. The second-order valence-electron chi connectivity index (χ2n) is 13.5. The van der Waals surface area contributed by atoms with Crippen LogP contribution in [0.25, 0.3) is 11.3 Å². The average molecular weight is 692 g/mol. The molecule has 0 fully saturated rings. The molecule has 3 aromatic rings. The van der Waals surface area contributed by atoms with Crippen molar-refractivity contribution in [2.24, 2.45) is 17.8 Å². The molecule has 0 aliphatic heterocycles. The van der Waals surface area contributed by atoms with Crippen LogP contribution in [-0.2, 0) is 13.0 Å². The second-order valence-corrected chi connectivity index (χ2v) is 13.5. The number of allylic oxidation sites excluding steroid dienone is 1. The number of pyridine rings is 1. The van der Waals surface area contributed by atoms with Crippen LogP contribution in [0, 0.1) is 41.7 Å². The zero-order valence-corrected chi connectivity index (χ0v) is 33.3. The van der Waals surface area contributed by atoms with Crippen LogP contribution in [0.4, 0.5) is 14.5 Å². The van der Waals surface area contributed by atoms with Gasteiger partial charge in [-0.15, -0.1) is 0 Å². The van der Waals surface area contributed by atoms with Gasteiger partial charge in [0.05, 0.1) is 6.20 Å². The molecule has 0 aliphatic carbocycles. The van der Waals surface area contributed by atoms with E-state index in [0.717, 1.165) is 64.9 Å². The third-order valence-corrected chi connectivity index (χ3v) is 8.75. The maximum Gasteiger partial charge on any atom is 0.160 e. The number of anilines is 1. The number of halogens is 2. The highest BCUT2D eigenvalue weighted by molar-refractivity contribution is 5.96. The van der Waals surface area contributed by atoms with Gasteiger partial charge in [0.25, 0.3) is 0 Å². The molecule has 0 saturated carbocycles. The molecule has 0 radical (unpaired) electrons. The zero-order valence-electron chi connectivity index (χ0n) is 33.3. The number of nitrogens with one attached hydrogen (secondary N) is 2. The fraction of sp³-hybridized carbons (Fsp3) is 0.523. The van der Waals surface area contributed by atoms with Crippen LogP contribution in [0.2, 0.25) is 0 Å². The summed E-state index contributed by atoms with van der Waals surface area (Å²) in [5.41, 5.74) is 6.53. The molecule has 0 spiro atoms. The minimum atomic E-state index is -0.776. The first-order valence-corrected chi connectivity index (χ1v) is 18.7. The third-order valence-electron chi connectivity index (χ3n) is 8.75. The van der Waals surface area contributed by atoms with E-state index in [4.69, 9.17) is 5.41 Å². The number of hydrogen-bond acceptors (Lipinski definition) is 4. The molecule has 1 atom stereocenters. The minimum Gasteiger partial charge on any atom is -0.380 e. The molecule has 2 aromatic carbocycles. The monoisotopic (exact) mass is 692 g/mol. The summed E-state index contributed by atoms with van der Waals surface area (Å²) < 4.78 is 27.6. The van der Waals surface area contributed by atoms with Gasteiger partial charge in [-0.3, -0.25) is 9.78 Å². The van der Waals surface area contributed by atoms with Gasteiger partial charge < -0.3 is 10.7 Å². The molecule has 50 heavy (non-hydrogen) atoms. The summed E-state index contributed by atoms with van der Waals surface area (Å²) in [6.07, 6.45) is 10.5. The smallest absolute Gasteiger partial charge is 0.160 e. The number of carbonyl (C=O) groups excluding carboxylic acids is 1. The molecule has 0 bridgehead atoms. The first-order chi connectivity index (χ1) is 23.7. The molecular weight excluding hydrogens is 625 g/mol. The number of benzene rings is 2. The summed E-state index contributed by atoms with van der Waals surface area (Å²) in [6, 6.07) is 10.1. The van der Waals surface area contributed by atoms with Crippen molar-refractivity contribution in [3.63, 3.8) is 0 Å². The molecular formula is C44H67F2N3O. The number of rotatable bonds is 15. The topological polar surface area (TPSA) is 65.8 Å². The van der Waals surface area contributed by atoms with Gasteiger partial charge in [-0.25, -0.2) is 8.78 Å². The van der Waals surface area contributed by atoms with E-state index in [1.807, 2.05) is 52.0 Å². The molecule has 1 unspecified atom stereocenters. The van der Waals surface area contributed by atoms with Crippen molar-refractivity contribution >= 4 is 17.7 Å². The van der Waals surface area contributed by atoms with Crippen molar-refractivity contribution in [2.45, 2.75) is 135 Å². The van der Waals surface area contributed by atoms with Gasteiger partial charge in [0, 0.05) is 41.2 Å². The molecule has 0 saturated heterocycles. The number of aromatic nitrogens is 1. The predicted molar refractivity (Wildman–Crippen MR) is 214 cm³/mol. The first kappa shape index (κ1) is 46.3. The highest BCUT2D eigenvalue weighted by atomic mass is 19.1. The van der Waals surface area contributed by atoms with E-state index in [-0.39, 0.29) is 11.5 Å². The Morgan fingerprint density at radius 2 is 1.58 bits per heavy atom. The molecule has 278 valence electrons. The van der Waals surface area contributed by atoms with Crippen molar-refractivity contribution in [3.05, 3.63) is 94.2 Å². The average Bonchev–Trinajstić information content (AvgIpc) is 3.10. The van der Waals surface area contributed by atoms with Crippen molar-refractivity contribution in [3.8, 4) is 11.3 Å². The van der Waals surface area contributed by atoms with Crippen LogP contribution in [0.15, 0.2) is 54.7 Å². The molecule has 6 heteroatoms. The second kappa shape index (κ2) is 25.3. The lowest BCUT2D eigenvalue weighted by Crippen LogP contribution is -2.07. The Kier molecular flexibility index (Phi) is 23.4. The number of hydrogen-bond donors (Lipinski definition) is 2. The van der Waals surface area contributed by atoms with E-state index in [9.17, 15) is 13.6 Å². The van der Waals surface area contributed by atoms with Crippen LogP contribution < -0.4 is 5.32 Å². The lowest BCUT2D eigenvalue weighted by atomic mass is 9.95. The minimum absolute atomic E-state index is 0.000676. The van der Waals surface area contributed by atoms with Crippen molar-refractivity contribution in [1.29, 1.82) is 5.41 Å². The largest absolute Gasteiger partial charge is 0.380 e. The first-order valence-electron chi connectivity index (χ1n) is 18.7. The molecule has 1 aromatic heterocycles. The molecule has 3 rings (SSSR count). The fourth-order valence-electron chi connectivity index (χ4n) is 5.02. The molecule has 1 heterocycles. The van der Waals surface area contributed by atoms with E-state index in [1.54, 1.807) is 13.0 Å². The van der Waals surface area contributed by atoms with Crippen molar-refractivity contribution < 1.29 is 13.6 Å². The third kappa shape index (κ3) is 16.8. The van der Waals surface area contributed by atoms with E-state index < -0.39 is 11.6 Å². The van der Waals surface area contributed by atoms with E-state index >= 15 is 0 Å². The Bertz CT molecular complexity index is 1460. The Morgan fingerprint density at radius 3 is 2.06 bits per heavy atom. The standard InChI is InChI=1S/C24H23F2N3O.C12H24.C6H14.C2H6/c1-4-17-9-16(5-6-19(17)15(3)30)12-28-23-8-14(2)7-20(21(23)11-27)24-22(26)10-18(25)13-29-24;1-6-11(4)9-12(5)8-7-10(2)3;1-4-6(3)5-2;1-2/h5-11,13,27-28H,4,12H2,1-3H3;10-11H,5-9H2,1-4H3;6H,4-5H2,1-3H3;1-2H3. The fourth-order valence-corrected chi connectivity index (χ4v) is 5.02. The highest BCUT2D eigenvalue weighted by Gasteiger charge is 2.16. The normalized spacial score (nSPS) is 11.0. The number of carbonyl (C=O) groups is 1. The predicted octanol–water partition coefficient (Wildman–Crippen LogP) is 13.6. The van der Waals surface area contributed by atoms with Gasteiger partial charge in [0.2, 0.25) is 0 Å². The Hall–Kier alpha value is -3.67. The quantitative estimate of drug-likeness (QED) is 0.0947. The zero-order chi connectivity index (χ0) is 38.4. The molecule has 2 N–H and O–H groups in total. The van der Waals surface area contributed by atoms with E-state index in [2.05, 4.69) is 65.3 Å². The number of ketones is 1. The number of nitrogens with zero attached hydrogens (tertiary/aromatic N) is 1. The number of aryl methyl sites for hydroxylation is 2. The van der Waals surface area contributed by atoms with Gasteiger partial charge in [-0.1, -0.05) is 119 Å². The molecule has 4 nitrogen and oxygen atoms in total. The van der Waals surface area contributed by atoms with Crippen molar-refractivity contribution in [2.75, 3.05) is 5.32 Å². The maximum atomic E-state index is 14.3. The van der Waals surface area contributed by atoms with Crippen LogP contribution in [0.5, 0.6) is 0 Å². The summed E-state index contributed by atoms with van der Waals surface area (Å²) in [4.78, 5) is 15.6. The molecule has 0 aliphatic rings. The Morgan fingerprint density at radius 1 is 0.960 bits per heavy atom. The van der Waals surface area contributed by atoms with Gasteiger partial charge in [-0.2, -0.15) is 0 Å². The lowest BCUT2D eigenvalue weighted by molar-refractivity contribution is 0.101. The van der Waals surface area contributed by atoms with Gasteiger partial charge in [0.1, 0.15) is 11.5 Å².